The number of H-pyrrole nitrogens is 1. The maximum Gasteiger partial charge on any atom is 0.322 e. The molecule has 1 aliphatic heterocycles. The minimum Gasteiger partial charge on any atom is -0.480 e. The summed E-state index contributed by atoms with van der Waals surface area (Å²) in [4.78, 5) is 248. The van der Waals surface area contributed by atoms with Crippen LogP contribution in [0.4, 0.5) is 0 Å². The van der Waals surface area contributed by atoms with Gasteiger partial charge in [0.2, 0.25) is 94.5 Å². The Bertz CT molecular complexity index is 3820. The highest BCUT2D eigenvalue weighted by atomic mass is 16.4. The summed E-state index contributed by atoms with van der Waals surface area (Å²) in [5, 5.41) is 62.8. The van der Waals surface area contributed by atoms with E-state index in [1.54, 1.807) is 85.7 Å². The second-order valence-corrected chi connectivity index (χ2v) is 32.2. The van der Waals surface area contributed by atoms with Crippen LogP contribution in [0.2, 0.25) is 0 Å². The van der Waals surface area contributed by atoms with E-state index >= 15 is 0 Å². The second-order valence-electron chi connectivity index (χ2n) is 32.2. The molecule has 3 rings (SSSR count). The fraction of sp³-hybridized carbons (Fsp3) is 0.654. The number of carboxylic acid groups (broad SMARTS) is 1. The summed E-state index contributed by atoms with van der Waals surface area (Å²) in [6.07, 6.45) is -0.0702. The van der Waals surface area contributed by atoms with Crippen LogP contribution in [0.3, 0.4) is 0 Å². The van der Waals surface area contributed by atoms with Gasteiger partial charge in [0.15, 0.2) is 5.96 Å². The van der Waals surface area contributed by atoms with E-state index in [1.165, 1.54) is 33.3 Å². The third kappa shape index (κ3) is 37.8. The van der Waals surface area contributed by atoms with E-state index in [4.69, 9.17) is 39.5 Å². The van der Waals surface area contributed by atoms with E-state index in [1.807, 2.05) is 0 Å². The number of imidazole rings is 1. The fourth-order valence-electron chi connectivity index (χ4n) is 13.0. The lowest BCUT2D eigenvalue weighted by Crippen LogP contribution is -2.62. The lowest BCUT2D eigenvalue weighted by molar-refractivity contribution is -0.143. The standard InChI is InChI=1S/C78H129N23O20/c1-39(2)27-49(92-71(115)54(32-46-35-85-38-88-46)94-72(116)55(33-59(80)104)95-68(112)51(29-41(5)6)97-75(119)62(82)44(11)103)66(110)89-48(21-15-16-24-79)65(109)93-53(31-45-19-13-12-14-20-45)70(114)91-50(28-40(3)4)67(111)96-56(34-60(81)105)73(117)100-63(43(9)10)76(120)98-52(30-42(7)8)69(113)99-57(37-102)77(121)101-26-18-23-58(101)74(118)90-47(22-17-25-86-78(83)84)64(108)87-36-61(106)107/h12-14,19-20,35,38-44,47-58,62-63,102-103H,15-18,21-34,36-37,79,82H2,1-11H3,(H2,80,104)(H2,81,105)(H,85,88)(H,87,108)(H,89,110)(H,90,118)(H,91,114)(H,92,115)(H,93,109)(H,94,116)(H,95,112)(H,96,111)(H,97,119)(H,98,120)(H,99,113)(H,100,117)(H,106,107)(H4,83,84,86)/t44-,47+,48+,49+,50+,51+,52+,53+,54+,55+,56+,57+,58+,62+,63+/m1/s1. The third-order valence-electron chi connectivity index (χ3n) is 19.2. The Morgan fingerprint density at radius 2 is 0.917 bits per heavy atom. The third-order valence-corrected chi connectivity index (χ3v) is 19.2. The number of aromatic amines is 1. The Labute approximate surface area is 703 Å². The molecule has 1 saturated heterocycles. The van der Waals surface area contributed by atoms with Crippen molar-refractivity contribution in [3.05, 3.63) is 54.1 Å². The number of carboxylic acids is 1. The molecule has 0 spiro atoms. The van der Waals surface area contributed by atoms with Crippen LogP contribution in [0.1, 0.15) is 171 Å². The average Bonchev–Trinajstić information content (AvgIpc) is 1.75. The summed E-state index contributed by atoms with van der Waals surface area (Å²) in [6, 6.07) is -12.7. The number of aliphatic imine (C=N–C) groups is 1. The molecule has 15 atom stereocenters. The molecule has 29 N–H and O–H groups in total. The number of hydrogen-bond acceptors (Lipinski definition) is 23. The topological polar surface area (TPSA) is 708 Å². The molecular weight excluding hydrogens is 1580 g/mol. The minimum absolute atomic E-state index is 0.0144. The van der Waals surface area contributed by atoms with E-state index in [0.29, 0.717) is 17.7 Å². The Morgan fingerprint density at radius 3 is 1.36 bits per heavy atom. The first kappa shape index (κ1) is 104. The number of likely N-dealkylation sites (tertiary alicyclic amines) is 1. The van der Waals surface area contributed by atoms with Gasteiger partial charge in [-0.3, -0.25) is 86.5 Å². The first-order chi connectivity index (χ1) is 56.9. The van der Waals surface area contributed by atoms with Gasteiger partial charge in [-0.25, -0.2) is 4.98 Å². The first-order valence-corrected chi connectivity index (χ1v) is 40.7. The summed E-state index contributed by atoms with van der Waals surface area (Å²) < 4.78 is 0. The number of rotatable bonds is 55. The van der Waals surface area contributed by atoms with E-state index in [-0.39, 0.29) is 126 Å². The number of carbonyl (C=O) groups is 17. The number of primary amides is 2. The molecule has 2 heterocycles. The zero-order valence-corrected chi connectivity index (χ0v) is 70.8. The van der Waals surface area contributed by atoms with Crippen LogP contribution in [-0.2, 0) is 94.3 Å². The van der Waals surface area contributed by atoms with Crippen molar-refractivity contribution in [2.75, 3.05) is 32.8 Å². The van der Waals surface area contributed by atoms with Gasteiger partial charge in [-0.1, -0.05) is 99.6 Å². The lowest BCUT2D eigenvalue weighted by atomic mass is 9.98. The van der Waals surface area contributed by atoms with Crippen molar-refractivity contribution in [1.29, 1.82) is 0 Å². The second kappa shape index (κ2) is 52.6. The largest absolute Gasteiger partial charge is 0.480 e. The molecule has 0 aliphatic carbocycles. The molecule has 0 unspecified atom stereocenters. The maximum atomic E-state index is 15.0. The van der Waals surface area contributed by atoms with Crippen LogP contribution >= 0.6 is 0 Å². The quantitative estimate of drug-likeness (QED) is 0.0166. The van der Waals surface area contributed by atoms with E-state index < -0.39 is 223 Å². The number of aliphatic hydroxyl groups excluding tert-OH is 2. The van der Waals surface area contributed by atoms with Gasteiger partial charge in [0.1, 0.15) is 91.1 Å². The summed E-state index contributed by atoms with van der Waals surface area (Å²) in [7, 11) is 0. The number of aromatic nitrogens is 2. The van der Waals surface area contributed by atoms with E-state index in [0.717, 1.165) is 4.90 Å². The zero-order chi connectivity index (χ0) is 91.1. The first-order valence-electron chi connectivity index (χ1n) is 40.7. The molecular formula is C78H129N23O20. The number of nitrogens with zero attached hydrogens (tertiary/aromatic N) is 3. The number of carbonyl (C=O) groups excluding carboxylic acids is 16. The molecule has 0 bridgehead atoms. The summed E-state index contributed by atoms with van der Waals surface area (Å²) >= 11 is 0. The van der Waals surface area contributed by atoms with Crippen molar-refractivity contribution >= 4 is 106 Å². The van der Waals surface area contributed by atoms with Crippen molar-refractivity contribution in [2.45, 2.75) is 263 Å². The predicted octanol–water partition coefficient (Wildman–Crippen LogP) is -6.32. The van der Waals surface area contributed by atoms with Crippen LogP contribution in [0.15, 0.2) is 47.8 Å². The predicted molar refractivity (Wildman–Crippen MR) is 441 cm³/mol. The van der Waals surface area contributed by atoms with Crippen molar-refractivity contribution in [2.24, 2.45) is 69.0 Å². The number of guanidine groups is 1. The number of nitrogens with one attached hydrogen (secondary N) is 14. The van der Waals surface area contributed by atoms with Gasteiger partial charge >= 0.3 is 5.97 Å². The highest BCUT2D eigenvalue weighted by Crippen LogP contribution is 2.21. The number of aliphatic hydroxyl groups is 2. The highest BCUT2D eigenvalue weighted by Gasteiger charge is 2.42. The van der Waals surface area contributed by atoms with Crippen molar-refractivity contribution in [3.63, 3.8) is 0 Å². The number of unbranched alkanes of at least 4 members (excludes halogenated alkanes) is 1. The monoisotopic (exact) mass is 1710 g/mol. The van der Waals surface area contributed by atoms with Crippen LogP contribution in [0, 0.1) is 29.6 Å². The number of nitrogens with two attached hydrogens (primary N) is 6. The molecule has 43 heteroatoms. The molecule has 43 nitrogen and oxygen atoms in total. The molecule has 2 aromatic rings. The number of benzene rings is 1. The summed E-state index contributed by atoms with van der Waals surface area (Å²) in [5.41, 5.74) is 34.6. The normalized spacial score (nSPS) is 16.1. The minimum atomic E-state index is -1.83. The Balaban J connectivity index is 1.95. The molecule has 16 amide bonds. The van der Waals surface area contributed by atoms with Gasteiger partial charge < -0.3 is 129 Å². The van der Waals surface area contributed by atoms with Crippen LogP contribution < -0.4 is 104 Å². The van der Waals surface area contributed by atoms with Gasteiger partial charge in [-0.15, -0.1) is 0 Å². The average molecular weight is 1710 g/mol. The molecule has 1 aromatic heterocycles. The van der Waals surface area contributed by atoms with Gasteiger partial charge in [-0.05, 0) is 119 Å². The molecule has 676 valence electrons. The van der Waals surface area contributed by atoms with Crippen LogP contribution in [-0.4, -0.2) is 260 Å². The van der Waals surface area contributed by atoms with Crippen molar-refractivity contribution in [1.82, 2.24) is 84.0 Å². The fourth-order valence-corrected chi connectivity index (χ4v) is 13.0. The van der Waals surface area contributed by atoms with Gasteiger partial charge in [0.05, 0.1) is 31.9 Å². The summed E-state index contributed by atoms with van der Waals surface area (Å²) in [6.45, 7) is 16.6. The molecule has 1 aliphatic rings. The smallest absolute Gasteiger partial charge is 0.322 e. The highest BCUT2D eigenvalue weighted by molar-refractivity contribution is 6.02. The molecule has 121 heavy (non-hydrogen) atoms. The molecule has 0 saturated carbocycles. The van der Waals surface area contributed by atoms with Gasteiger partial charge in [0, 0.05) is 37.8 Å². The lowest BCUT2D eigenvalue weighted by Gasteiger charge is -2.31. The van der Waals surface area contributed by atoms with E-state index in [9.17, 15) is 91.7 Å². The molecule has 1 aromatic carbocycles. The molecule has 0 radical (unpaired) electrons. The number of hydrogen-bond donors (Lipinski definition) is 23. The van der Waals surface area contributed by atoms with Gasteiger partial charge in [-0.2, -0.15) is 0 Å². The zero-order valence-electron chi connectivity index (χ0n) is 70.8. The van der Waals surface area contributed by atoms with Crippen LogP contribution in [0.5, 0.6) is 0 Å². The van der Waals surface area contributed by atoms with Crippen molar-refractivity contribution in [3.8, 4) is 0 Å². The van der Waals surface area contributed by atoms with E-state index in [2.05, 4.69) is 84.1 Å². The molecule has 1 fully saturated rings. The van der Waals surface area contributed by atoms with Crippen LogP contribution in [0.25, 0.3) is 0 Å². The summed E-state index contributed by atoms with van der Waals surface area (Å²) in [5.74, 6) is -19.0. The SMILES string of the molecule is CC(C)C[C@H](NC(=O)[C@H](Cc1cnc[nH]1)NC(=O)[C@H](CC(N)=O)NC(=O)[C@H](CC(C)C)NC(=O)[C@@H](N)[C@@H](C)O)C(=O)N[C@@H](CCCCN)C(=O)N[C@@H](Cc1ccccc1)C(=O)N[C@@H](CC(C)C)C(=O)N[C@@H](CC(N)=O)C(=O)N[C@H](C(=O)N[C@@H](CC(C)C)C(=O)N[C@@H](CO)C(=O)N1CCC[C@H]1C(=O)N[C@@H](CCCN=C(N)N)C(=O)NCC(=O)O)C(C)C. The van der Waals surface area contributed by atoms with Gasteiger partial charge in [0.25, 0.3) is 0 Å². The maximum absolute atomic E-state index is 15.0. The van der Waals surface area contributed by atoms with Crippen molar-refractivity contribution < 1.29 is 96.8 Å². The Morgan fingerprint density at radius 1 is 0.504 bits per heavy atom. The Kier molecular flexibility index (Phi) is 45.0. The number of amides is 16. The number of aliphatic carboxylic acids is 1. The Hall–Kier alpha value is -11.5.